The van der Waals surface area contributed by atoms with E-state index < -0.39 is 0 Å². The van der Waals surface area contributed by atoms with Crippen molar-refractivity contribution in [3.63, 3.8) is 0 Å². The molecule has 0 saturated heterocycles. The van der Waals surface area contributed by atoms with Crippen molar-refractivity contribution in [3.8, 4) is 0 Å². The Morgan fingerprint density at radius 2 is 2.00 bits per heavy atom. The van der Waals surface area contributed by atoms with Crippen LogP contribution in [0.1, 0.15) is 0 Å². The Balaban J connectivity index is 2.15. The van der Waals surface area contributed by atoms with Crippen molar-refractivity contribution >= 4 is 34.4 Å². The van der Waals surface area contributed by atoms with Gasteiger partial charge in [0.2, 0.25) is 0 Å². The molecule has 0 saturated carbocycles. The van der Waals surface area contributed by atoms with Crippen molar-refractivity contribution in [2.45, 2.75) is 10.2 Å². The molecule has 0 fully saturated rings. The summed E-state index contributed by atoms with van der Waals surface area (Å²) in [6.45, 7) is 0. The zero-order chi connectivity index (χ0) is 9.10. The lowest BCUT2D eigenvalue weighted by molar-refractivity contribution is 0.904. The molecule has 0 aliphatic rings. The maximum absolute atomic E-state index is 4.12. The number of aromatic nitrogens is 5. The predicted octanol–water partition coefficient (Wildman–Crippen LogP) is 1.35. The number of halogens is 1. The summed E-state index contributed by atoms with van der Waals surface area (Å²) in [6, 6.07) is 0. The molecule has 0 spiro atoms. The van der Waals surface area contributed by atoms with E-state index in [1.165, 1.54) is 11.8 Å². The molecule has 0 atom stereocenters. The van der Waals surface area contributed by atoms with Crippen LogP contribution in [-0.4, -0.2) is 25.4 Å². The first kappa shape index (κ1) is 8.88. The molecule has 0 aromatic carbocycles. The maximum atomic E-state index is 4.12. The van der Waals surface area contributed by atoms with Crippen LogP contribution in [0.25, 0.3) is 0 Å². The molecule has 0 radical (unpaired) electrons. The summed E-state index contributed by atoms with van der Waals surface area (Å²) in [5.41, 5.74) is 0. The van der Waals surface area contributed by atoms with Gasteiger partial charge >= 0.3 is 0 Å². The molecule has 0 amide bonds. The Hall–Kier alpha value is -0.700. The minimum Gasteiger partial charge on any atom is -0.230 e. The number of hydrogen-bond donors (Lipinski definition) is 1. The second-order valence-corrected chi connectivity index (χ2v) is 4.33. The van der Waals surface area contributed by atoms with Crippen molar-refractivity contribution < 1.29 is 0 Å². The predicted molar refractivity (Wildman–Crippen MR) is 55.3 cm³/mol. The summed E-state index contributed by atoms with van der Waals surface area (Å²) in [6.07, 6.45) is 5.15. The van der Waals surface area contributed by atoms with Crippen molar-refractivity contribution in [1.82, 2.24) is 25.4 Å². The Morgan fingerprint density at radius 1 is 1.23 bits per heavy atom. The normalized spacial score (nSPS) is 10.2. The number of nitrogens with one attached hydrogen (secondary N) is 1. The van der Waals surface area contributed by atoms with E-state index in [-0.39, 0.29) is 0 Å². The van der Waals surface area contributed by atoms with Gasteiger partial charge < -0.3 is 0 Å². The zero-order valence-corrected chi connectivity index (χ0v) is 9.28. The Bertz CT molecular complexity index is 372. The van der Waals surface area contributed by atoms with Crippen LogP contribution in [0.3, 0.4) is 0 Å². The molecule has 2 aromatic rings. The molecule has 66 valence electrons. The number of hydrogen-bond acceptors (Lipinski definition) is 5. The van der Waals surface area contributed by atoms with Gasteiger partial charge in [-0.15, -0.1) is 5.10 Å². The molecule has 2 heterocycles. The van der Waals surface area contributed by atoms with Crippen LogP contribution in [0.2, 0.25) is 0 Å². The Labute approximate surface area is 91.9 Å². The molecular weight excluding hydrogens is 301 g/mol. The van der Waals surface area contributed by atoms with Crippen LogP contribution in [0.15, 0.2) is 28.8 Å². The van der Waals surface area contributed by atoms with Gasteiger partial charge in [0, 0.05) is 16.0 Å². The lowest BCUT2D eigenvalue weighted by Crippen LogP contribution is -1.86. The van der Waals surface area contributed by atoms with Crippen LogP contribution < -0.4 is 0 Å². The van der Waals surface area contributed by atoms with Gasteiger partial charge in [0.1, 0.15) is 5.03 Å². The molecule has 0 unspecified atom stereocenters. The zero-order valence-electron chi connectivity index (χ0n) is 6.31. The highest BCUT2D eigenvalue weighted by Gasteiger charge is 2.01. The van der Waals surface area contributed by atoms with Crippen LogP contribution >= 0.6 is 34.4 Å². The average molecular weight is 305 g/mol. The first-order valence-electron chi connectivity index (χ1n) is 3.36. The van der Waals surface area contributed by atoms with E-state index >= 15 is 0 Å². The Morgan fingerprint density at radius 3 is 2.62 bits per heavy atom. The first-order valence-corrected chi connectivity index (χ1v) is 5.25. The summed E-state index contributed by atoms with van der Waals surface area (Å²) in [4.78, 5) is 8.23. The van der Waals surface area contributed by atoms with Crippen molar-refractivity contribution in [1.29, 1.82) is 0 Å². The molecule has 5 nitrogen and oxygen atoms in total. The minimum absolute atomic E-state index is 0.675. The van der Waals surface area contributed by atoms with Gasteiger partial charge in [0.05, 0.1) is 6.20 Å². The van der Waals surface area contributed by atoms with Gasteiger partial charge in [-0.2, -0.15) is 10.3 Å². The van der Waals surface area contributed by atoms with Gasteiger partial charge in [0.25, 0.3) is 0 Å². The number of aromatic amines is 1. The summed E-state index contributed by atoms with van der Waals surface area (Å²) < 4.78 is 1.02. The van der Waals surface area contributed by atoms with Crippen molar-refractivity contribution in [2.75, 3.05) is 0 Å². The van der Waals surface area contributed by atoms with E-state index in [9.17, 15) is 0 Å². The monoisotopic (exact) mass is 305 g/mol. The van der Waals surface area contributed by atoms with Crippen LogP contribution in [-0.2, 0) is 0 Å². The van der Waals surface area contributed by atoms with Gasteiger partial charge in [0.15, 0.2) is 5.16 Å². The molecule has 13 heavy (non-hydrogen) atoms. The fourth-order valence-corrected chi connectivity index (χ4v) is 1.56. The molecule has 0 aliphatic heterocycles. The third-order valence-corrected chi connectivity index (χ3v) is 2.54. The number of rotatable bonds is 2. The van der Waals surface area contributed by atoms with Crippen LogP contribution in [0.4, 0.5) is 0 Å². The molecule has 2 rings (SSSR count). The fraction of sp³-hybridized carbons (Fsp3) is 0. The topological polar surface area (TPSA) is 67.3 Å². The Kier molecular flexibility index (Phi) is 2.74. The molecule has 0 bridgehead atoms. The van der Waals surface area contributed by atoms with Crippen molar-refractivity contribution in [2.24, 2.45) is 0 Å². The van der Waals surface area contributed by atoms with E-state index in [0.29, 0.717) is 5.16 Å². The lowest BCUT2D eigenvalue weighted by Gasteiger charge is -1.93. The number of H-pyrrole nitrogens is 1. The quantitative estimate of drug-likeness (QED) is 0.670. The molecule has 2 aromatic heterocycles. The molecular formula is C6H4IN5S. The van der Waals surface area contributed by atoms with E-state index in [0.717, 1.165) is 8.60 Å². The van der Waals surface area contributed by atoms with E-state index in [4.69, 9.17) is 0 Å². The molecule has 7 heteroatoms. The van der Waals surface area contributed by atoms with E-state index in [2.05, 4.69) is 48.0 Å². The summed E-state index contributed by atoms with van der Waals surface area (Å²) in [5.74, 6) is 0. The SMILES string of the molecule is Ic1cnc(Sc2cn[nH]n2)nc1. The molecule has 1 N–H and O–H groups in total. The largest absolute Gasteiger partial charge is 0.230 e. The third-order valence-electron chi connectivity index (χ3n) is 1.19. The van der Waals surface area contributed by atoms with Crippen molar-refractivity contribution in [3.05, 3.63) is 22.2 Å². The van der Waals surface area contributed by atoms with Gasteiger partial charge in [-0.25, -0.2) is 9.97 Å². The average Bonchev–Trinajstić information content (AvgIpc) is 2.62. The summed E-state index contributed by atoms with van der Waals surface area (Å²) >= 11 is 3.53. The third kappa shape index (κ3) is 2.37. The van der Waals surface area contributed by atoms with E-state index in [1.807, 2.05) is 0 Å². The summed E-state index contributed by atoms with van der Waals surface area (Å²) in [7, 11) is 0. The molecule has 0 aliphatic carbocycles. The van der Waals surface area contributed by atoms with Gasteiger partial charge in [-0.3, -0.25) is 0 Å². The summed E-state index contributed by atoms with van der Waals surface area (Å²) in [5, 5.41) is 11.5. The van der Waals surface area contributed by atoms with Gasteiger partial charge in [-0.1, -0.05) is 0 Å². The lowest BCUT2D eigenvalue weighted by atomic mass is 10.7. The second-order valence-electron chi connectivity index (χ2n) is 2.09. The highest BCUT2D eigenvalue weighted by molar-refractivity contribution is 14.1. The van der Waals surface area contributed by atoms with Crippen LogP contribution in [0.5, 0.6) is 0 Å². The second kappa shape index (κ2) is 4.01. The fourth-order valence-electron chi connectivity index (χ4n) is 0.687. The highest BCUT2D eigenvalue weighted by atomic mass is 127. The maximum Gasteiger partial charge on any atom is 0.194 e. The highest BCUT2D eigenvalue weighted by Crippen LogP contribution is 2.20. The van der Waals surface area contributed by atoms with Gasteiger partial charge in [-0.05, 0) is 34.4 Å². The first-order chi connectivity index (χ1) is 6.34. The van der Waals surface area contributed by atoms with E-state index in [1.54, 1.807) is 18.6 Å². The minimum atomic E-state index is 0.675. The standard InChI is InChI=1S/C6H4IN5S/c7-4-1-8-6(9-2-4)13-5-3-10-12-11-5/h1-3H,(H,10,11,12). The number of nitrogens with zero attached hydrogens (tertiary/aromatic N) is 4. The smallest absolute Gasteiger partial charge is 0.194 e. The van der Waals surface area contributed by atoms with Crippen LogP contribution in [0, 0.1) is 3.57 Å².